The molecule has 0 unspecified atom stereocenters. The smallest absolute Gasteiger partial charge is 0.0734 e. The molecule has 0 fully saturated rings. The number of thioether (sulfide) groups is 1. The monoisotopic (exact) mass is 132 g/mol. The molecule has 0 aromatic heterocycles. The highest BCUT2D eigenvalue weighted by Crippen LogP contribution is 2.12. The standard InChI is InChI=1S/C6H12OS/c1-3-4-8-6(2)5-7/h7H,2-5H2,1H3. The summed E-state index contributed by atoms with van der Waals surface area (Å²) in [5.41, 5.74) is 0. The molecule has 2 heteroatoms. The Morgan fingerprint density at radius 2 is 2.38 bits per heavy atom. The molecule has 1 N–H and O–H groups in total. The molecule has 0 aliphatic carbocycles. The van der Waals surface area contributed by atoms with Crippen LogP contribution in [0.3, 0.4) is 0 Å². The maximum atomic E-state index is 8.44. The molecule has 0 saturated heterocycles. The average Bonchev–Trinajstić information content (AvgIpc) is 1.83. The largest absolute Gasteiger partial charge is 0.391 e. The van der Waals surface area contributed by atoms with E-state index in [0.29, 0.717) is 0 Å². The van der Waals surface area contributed by atoms with Crippen molar-refractivity contribution < 1.29 is 5.11 Å². The lowest BCUT2D eigenvalue weighted by molar-refractivity contribution is 0.340. The molecule has 0 aromatic rings. The van der Waals surface area contributed by atoms with Crippen LogP contribution in [0.25, 0.3) is 0 Å². The third kappa shape index (κ3) is 4.22. The van der Waals surface area contributed by atoms with Gasteiger partial charge >= 0.3 is 0 Å². The molecule has 0 bridgehead atoms. The van der Waals surface area contributed by atoms with Crippen molar-refractivity contribution >= 4 is 11.8 Å². The second-order valence-electron chi connectivity index (χ2n) is 1.55. The van der Waals surface area contributed by atoms with E-state index < -0.39 is 0 Å². The lowest BCUT2D eigenvalue weighted by Crippen LogP contribution is -1.83. The van der Waals surface area contributed by atoms with Crippen molar-refractivity contribution in [3.63, 3.8) is 0 Å². The van der Waals surface area contributed by atoms with Gasteiger partial charge in [0.15, 0.2) is 0 Å². The Kier molecular flexibility index (Phi) is 5.22. The van der Waals surface area contributed by atoms with Gasteiger partial charge in [0.25, 0.3) is 0 Å². The molecule has 0 spiro atoms. The van der Waals surface area contributed by atoms with E-state index >= 15 is 0 Å². The molecule has 0 saturated carbocycles. The van der Waals surface area contributed by atoms with Crippen LogP contribution < -0.4 is 0 Å². The van der Waals surface area contributed by atoms with Gasteiger partial charge in [0.2, 0.25) is 0 Å². The van der Waals surface area contributed by atoms with Crippen molar-refractivity contribution in [3.8, 4) is 0 Å². The van der Waals surface area contributed by atoms with E-state index in [9.17, 15) is 0 Å². The first-order valence-electron chi connectivity index (χ1n) is 2.72. The second-order valence-corrected chi connectivity index (χ2v) is 2.82. The normalized spacial score (nSPS) is 9.25. The Morgan fingerprint density at radius 3 is 2.75 bits per heavy atom. The van der Waals surface area contributed by atoms with E-state index in [-0.39, 0.29) is 6.61 Å². The Labute approximate surface area is 54.8 Å². The SMILES string of the molecule is C=C(CO)SCCC. The predicted molar refractivity (Wildman–Crippen MR) is 39.0 cm³/mol. The van der Waals surface area contributed by atoms with Gasteiger partial charge in [0, 0.05) is 4.91 Å². The second kappa shape index (κ2) is 5.19. The zero-order valence-corrected chi connectivity index (χ0v) is 6.00. The van der Waals surface area contributed by atoms with Crippen molar-refractivity contribution in [1.29, 1.82) is 0 Å². The highest BCUT2D eigenvalue weighted by atomic mass is 32.2. The number of hydrogen-bond donors (Lipinski definition) is 1. The van der Waals surface area contributed by atoms with Gasteiger partial charge < -0.3 is 5.11 Å². The van der Waals surface area contributed by atoms with Crippen LogP contribution in [0.1, 0.15) is 13.3 Å². The van der Waals surface area contributed by atoms with Crippen LogP contribution in [-0.4, -0.2) is 17.5 Å². The minimum Gasteiger partial charge on any atom is -0.391 e. The first-order chi connectivity index (χ1) is 3.81. The highest BCUT2D eigenvalue weighted by Gasteiger charge is 1.88. The first-order valence-corrected chi connectivity index (χ1v) is 3.71. The molecule has 0 heterocycles. The summed E-state index contributed by atoms with van der Waals surface area (Å²) in [6.45, 7) is 5.85. The third-order valence-corrected chi connectivity index (χ3v) is 1.84. The Hall–Kier alpha value is 0.0500. The summed E-state index contributed by atoms with van der Waals surface area (Å²) < 4.78 is 0. The molecular weight excluding hydrogens is 120 g/mol. The number of rotatable bonds is 4. The van der Waals surface area contributed by atoms with Crippen molar-refractivity contribution in [3.05, 3.63) is 11.5 Å². The number of aliphatic hydroxyl groups excluding tert-OH is 1. The molecule has 0 aliphatic rings. The van der Waals surface area contributed by atoms with Gasteiger partial charge in [-0.25, -0.2) is 0 Å². The van der Waals surface area contributed by atoms with Crippen LogP contribution in [-0.2, 0) is 0 Å². The van der Waals surface area contributed by atoms with Gasteiger partial charge in [-0.1, -0.05) is 13.5 Å². The lowest BCUT2D eigenvalue weighted by atomic mass is 10.6. The predicted octanol–water partition coefficient (Wildman–Crippen LogP) is 1.64. The Bertz CT molecular complexity index is 70.9. The summed E-state index contributed by atoms with van der Waals surface area (Å²) in [5.74, 6) is 1.07. The van der Waals surface area contributed by atoms with Gasteiger partial charge in [-0.05, 0) is 12.2 Å². The van der Waals surface area contributed by atoms with Crippen molar-refractivity contribution in [2.24, 2.45) is 0 Å². The Morgan fingerprint density at radius 1 is 1.75 bits per heavy atom. The van der Waals surface area contributed by atoms with Crippen LogP contribution in [0.4, 0.5) is 0 Å². The van der Waals surface area contributed by atoms with E-state index in [1.54, 1.807) is 11.8 Å². The number of hydrogen-bond acceptors (Lipinski definition) is 2. The summed E-state index contributed by atoms with van der Waals surface area (Å²) in [6, 6.07) is 0. The maximum absolute atomic E-state index is 8.44. The van der Waals surface area contributed by atoms with Crippen molar-refractivity contribution in [2.75, 3.05) is 12.4 Å². The fraction of sp³-hybridized carbons (Fsp3) is 0.667. The molecule has 1 nitrogen and oxygen atoms in total. The van der Waals surface area contributed by atoms with Gasteiger partial charge in [0.1, 0.15) is 0 Å². The first kappa shape index (κ1) is 8.05. The van der Waals surface area contributed by atoms with Crippen LogP contribution in [0.2, 0.25) is 0 Å². The van der Waals surface area contributed by atoms with Gasteiger partial charge in [-0.3, -0.25) is 0 Å². The fourth-order valence-electron chi connectivity index (χ4n) is 0.292. The molecule has 48 valence electrons. The number of aliphatic hydroxyl groups is 1. The summed E-state index contributed by atoms with van der Waals surface area (Å²) in [5, 5.41) is 8.44. The van der Waals surface area contributed by atoms with Crippen LogP contribution in [0, 0.1) is 0 Å². The van der Waals surface area contributed by atoms with E-state index in [1.807, 2.05) is 0 Å². The molecule has 0 radical (unpaired) electrons. The molecule has 0 aromatic carbocycles. The topological polar surface area (TPSA) is 20.2 Å². The molecular formula is C6H12OS. The average molecular weight is 132 g/mol. The molecule has 0 rings (SSSR count). The highest BCUT2D eigenvalue weighted by molar-refractivity contribution is 8.03. The summed E-state index contributed by atoms with van der Waals surface area (Å²) in [7, 11) is 0. The van der Waals surface area contributed by atoms with Crippen molar-refractivity contribution in [1.82, 2.24) is 0 Å². The van der Waals surface area contributed by atoms with E-state index in [1.165, 1.54) is 0 Å². The summed E-state index contributed by atoms with van der Waals surface area (Å²) >= 11 is 1.63. The molecule has 0 aliphatic heterocycles. The van der Waals surface area contributed by atoms with Gasteiger partial charge in [-0.2, -0.15) is 0 Å². The zero-order chi connectivity index (χ0) is 6.41. The lowest BCUT2D eigenvalue weighted by Gasteiger charge is -1.96. The maximum Gasteiger partial charge on any atom is 0.0734 e. The fourth-order valence-corrected chi connectivity index (χ4v) is 0.876. The zero-order valence-electron chi connectivity index (χ0n) is 5.18. The van der Waals surface area contributed by atoms with Gasteiger partial charge in [-0.15, -0.1) is 11.8 Å². The van der Waals surface area contributed by atoms with Crippen LogP contribution in [0.15, 0.2) is 11.5 Å². The van der Waals surface area contributed by atoms with Crippen LogP contribution in [0.5, 0.6) is 0 Å². The van der Waals surface area contributed by atoms with E-state index in [0.717, 1.165) is 17.1 Å². The van der Waals surface area contributed by atoms with E-state index in [4.69, 9.17) is 5.11 Å². The summed E-state index contributed by atoms with van der Waals surface area (Å²) in [6.07, 6.45) is 1.14. The van der Waals surface area contributed by atoms with E-state index in [2.05, 4.69) is 13.5 Å². The minimum atomic E-state index is 0.116. The summed E-state index contributed by atoms with van der Waals surface area (Å²) in [4.78, 5) is 0.867. The van der Waals surface area contributed by atoms with Crippen molar-refractivity contribution in [2.45, 2.75) is 13.3 Å². The van der Waals surface area contributed by atoms with Gasteiger partial charge in [0.05, 0.1) is 6.61 Å². The molecule has 0 amide bonds. The third-order valence-electron chi connectivity index (χ3n) is 0.687. The minimum absolute atomic E-state index is 0.116. The molecule has 0 atom stereocenters. The quantitative estimate of drug-likeness (QED) is 0.627. The van der Waals surface area contributed by atoms with Crippen LogP contribution >= 0.6 is 11.8 Å². The molecule has 8 heavy (non-hydrogen) atoms. The Balaban J connectivity index is 2.99.